The number of carboxylic acids is 1. The Kier molecular flexibility index (Phi) is 53.5. The zero-order valence-electron chi connectivity index (χ0n) is 48.7. The summed E-state index contributed by atoms with van der Waals surface area (Å²) in [6, 6.07) is 0. The number of carbonyl (C=O) groups excluding carboxylic acids is 3. The fraction of sp³-hybridized carbons (Fsp3) is 0.769. The van der Waals surface area contributed by atoms with Gasteiger partial charge in [0, 0.05) is 12.8 Å². The van der Waals surface area contributed by atoms with Gasteiger partial charge in [-0.15, -0.1) is 0 Å². The van der Waals surface area contributed by atoms with E-state index in [-0.39, 0.29) is 38.6 Å². The minimum Gasteiger partial charge on any atom is -0.545 e. The van der Waals surface area contributed by atoms with Crippen LogP contribution in [0.5, 0.6) is 0 Å². The van der Waals surface area contributed by atoms with Crippen LogP contribution in [0.3, 0.4) is 0 Å². The van der Waals surface area contributed by atoms with Crippen molar-refractivity contribution in [2.45, 2.75) is 277 Å². The molecule has 0 saturated carbocycles. The smallest absolute Gasteiger partial charge is 0.306 e. The van der Waals surface area contributed by atoms with Crippen molar-refractivity contribution >= 4 is 17.9 Å². The molecule has 0 spiro atoms. The van der Waals surface area contributed by atoms with Crippen LogP contribution in [0, 0.1) is 0 Å². The second kappa shape index (κ2) is 55.9. The van der Waals surface area contributed by atoms with Gasteiger partial charge in [0.05, 0.1) is 40.3 Å². The Morgan fingerprint density at radius 2 is 0.770 bits per heavy atom. The number of carboxylic acid groups (broad SMARTS) is 1. The maximum Gasteiger partial charge on any atom is 0.306 e. The second-order valence-electron chi connectivity index (χ2n) is 21.6. The molecule has 0 amide bonds. The lowest BCUT2D eigenvalue weighted by molar-refractivity contribution is -0.870. The highest BCUT2D eigenvalue weighted by atomic mass is 16.7. The normalized spacial score (nSPS) is 13.3. The first kappa shape index (κ1) is 70.7. The summed E-state index contributed by atoms with van der Waals surface area (Å²) in [7, 11) is 5.92. The Balaban J connectivity index is 4.10. The van der Waals surface area contributed by atoms with Gasteiger partial charge in [0.1, 0.15) is 13.2 Å². The molecule has 0 aromatic heterocycles. The SMILES string of the molecule is CC/C=C\C/C=C\C/C=C\C/C=C\CCCCCCCCCCCCCCCCCCCCCCC(=O)OC(COC(=O)CCCCCCC/C=C\C/C=C\CCCCCC)COC(OCC[N+](C)(C)C)C(=O)[O-]. The largest absolute Gasteiger partial charge is 0.545 e. The summed E-state index contributed by atoms with van der Waals surface area (Å²) >= 11 is 0. The standard InChI is InChI=1S/C65H115NO8/c1-6-8-10-12-14-16-18-20-22-24-25-26-27-28-29-30-31-32-33-34-35-36-37-38-39-40-42-44-46-48-50-52-54-56-63(68)74-61(60-73-65(64(69)70)71-58-57-66(3,4)5)59-72-62(67)55-53-51-49-47-45-43-41-23-21-19-17-15-13-11-9-7-2/h8,10,14,16-17,19-20,22-23,25-26,41,61,65H,6-7,9,11-13,15,18,21,24,27-40,42-60H2,1-5H3/b10-8-,16-14-,19-17-,22-20-,26-25-,41-23-. The number of unbranched alkanes of at least 4 members (excludes halogenated alkanes) is 29. The van der Waals surface area contributed by atoms with Crippen LogP contribution in [0.4, 0.5) is 0 Å². The van der Waals surface area contributed by atoms with Crippen LogP contribution in [0.2, 0.25) is 0 Å². The molecule has 0 aliphatic rings. The highest BCUT2D eigenvalue weighted by Crippen LogP contribution is 2.17. The van der Waals surface area contributed by atoms with E-state index in [0.29, 0.717) is 17.4 Å². The van der Waals surface area contributed by atoms with E-state index in [2.05, 4.69) is 86.8 Å². The predicted molar refractivity (Wildman–Crippen MR) is 311 cm³/mol. The van der Waals surface area contributed by atoms with Crippen LogP contribution in [-0.4, -0.2) is 82.3 Å². The van der Waals surface area contributed by atoms with E-state index in [9.17, 15) is 19.5 Å². The molecule has 0 fully saturated rings. The van der Waals surface area contributed by atoms with Gasteiger partial charge in [0.2, 0.25) is 0 Å². The molecule has 0 rings (SSSR count). The minimum absolute atomic E-state index is 0.145. The zero-order valence-corrected chi connectivity index (χ0v) is 48.7. The third kappa shape index (κ3) is 56.5. The Morgan fingerprint density at radius 3 is 1.15 bits per heavy atom. The lowest BCUT2D eigenvalue weighted by Gasteiger charge is -2.26. The summed E-state index contributed by atoms with van der Waals surface area (Å²) in [5, 5.41) is 11.8. The molecule has 0 aromatic rings. The van der Waals surface area contributed by atoms with Gasteiger partial charge in [-0.2, -0.15) is 0 Å². The lowest BCUT2D eigenvalue weighted by atomic mass is 10.0. The molecule has 9 nitrogen and oxygen atoms in total. The molecule has 428 valence electrons. The van der Waals surface area contributed by atoms with Crippen LogP contribution in [0.25, 0.3) is 0 Å². The quantitative estimate of drug-likeness (QED) is 0.0195. The molecule has 74 heavy (non-hydrogen) atoms. The molecule has 0 bridgehead atoms. The number of nitrogens with zero attached hydrogens (tertiary/aromatic N) is 1. The molecular weight excluding hydrogens is 923 g/mol. The van der Waals surface area contributed by atoms with Crippen molar-refractivity contribution in [3.8, 4) is 0 Å². The van der Waals surface area contributed by atoms with Gasteiger partial charge in [-0.3, -0.25) is 9.59 Å². The summed E-state index contributed by atoms with van der Waals surface area (Å²) in [4.78, 5) is 37.3. The Hall–Kier alpha value is -3.27. The van der Waals surface area contributed by atoms with Crippen LogP contribution in [0.1, 0.15) is 264 Å². The Labute approximate surface area is 456 Å². The lowest BCUT2D eigenvalue weighted by Crippen LogP contribution is -2.44. The number of esters is 2. The fourth-order valence-electron chi connectivity index (χ4n) is 8.50. The highest BCUT2D eigenvalue weighted by molar-refractivity contribution is 5.70. The van der Waals surface area contributed by atoms with Crippen molar-refractivity contribution < 1.29 is 42.9 Å². The molecule has 0 radical (unpaired) electrons. The number of allylic oxidation sites excluding steroid dienone is 12. The van der Waals surface area contributed by atoms with Crippen LogP contribution < -0.4 is 5.11 Å². The number of hydrogen-bond donors (Lipinski definition) is 0. The Bertz CT molecular complexity index is 1440. The molecule has 0 saturated heterocycles. The fourth-order valence-corrected chi connectivity index (χ4v) is 8.50. The van der Waals surface area contributed by atoms with Gasteiger partial charge >= 0.3 is 11.9 Å². The van der Waals surface area contributed by atoms with Crippen molar-refractivity contribution in [2.75, 3.05) is 47.5 Å². The zero-order chi connectivity index (χ0) is 54.1. The van der Waals surface area contributed by atoms with Gasteiger partial charge in [-0.05, 0) is 83.5 Å². The number of aliphatic carboxylic acids is 1. The molecule has 9 heteroatoms. The van der Waals surface area contributed by atoms with Gasteiger partial charge < -0.3 is 33.3 Å². The van der Waals surface area contributed by atoms with E-state index in [1.165, 1.54) is 148 Å². The average Bonchev–Trinajstić information content (AvgIpc) is 3.37. The average molecular weight is 1040 g/mol. The second-order valence-corrected chi connectivity index (χ2v) is 21.6. The highest BCUT2D eigenvalue weighted by Gasteiger charge is 2.22. The minimum atomic E-state index is -1.63. The van der Waals surface area contributed by atoms with Crippen molar-refractivity contribution in [2.24, 2.45) is 0 Å². The number of ether oxygens (including phenoxy) is 4. The number of likely N-dealkylation sites (N-methyl/N-ethyl adjacent to an activating group) is 1. The van der Waals surface area contributed by atoms with Crippen LogP contribution >= 0.6 is 0 Å². The molecule has 2 unspecified atom stereocenters. The molecule has 0 heterocycles. The number of hydrogen-bond acceptors (Lipinski definition) is 8. The maximum absolute atomic E-state index is 12.9. The summed E-state index contributed by atoms with van der Waals surface area (Å²) in [5.74, 6) is -2.29. The molecule has 2 atom stereocenters. The molecule has 0 aliphatic heterocycles. The van der Waals surface area contributed by atoms with Crippen molar-refractivity contribution in [1.82, 2.24) is 0 Å². The number of quaternary nitrogens is 1. The van der Waals surface area contributed by atoms with E-state index < -0.39 is 24.3 Å². The molecule has 0 N–H and O–H groups in total. The van der Waals surface area contributed by atoms with E-state index in [4.69, 9.17) is 18.9 Å². The van der Waals surface area contributed by atoms with Crippen molar-refractivity contribution in [3.05, 3.63) is 72.9 Å². The van der Waals surface area contributed by atoms with E-state index >= 15 is 0 Å². The monoisotopic (exact) mass is 1040 g/mol. The summed E-state index contributed by atoms with van der Waals surface area (Å²) in [6.45, 7) is 4.62. The first-order valence-electron chi connectivity index (χ1n) is 30.6. The van der Waals surface area contributed by atoms with Gasteiger partial charge in [-0.25, -0.2) is 0 Å². The van der Waals surface area contributed by atoms with E-state index in [1.807, 2.05) is 21.1 Å². The topological polar surface area (TPSA) is 111 Å². The van der Waals surface area contributed by atoms with Gasteiger partial charge in [0.25, 0.3) is 0 Å². The molecule has 0 aromatic carbocycles. The van der Waals surface area contributed by atoms with Crippen LogP contribution in [0.15, 0.2) is 72.9 Å². The first-order chi connectivity index (χ1) is 36.1. The molecular formula is C65H115NO8. The number of rotatable bonds is 56. The molecule has 0 aliphatic carbocycles. The van der Waals surface area contributed by atoms with E-state index in [1.54, 1.807) is 0 Å². The van der Waals surface area contributed by atoms with Crippen LogP contribution in [-0.2, 0) is 33.3 Å². The third-order valence-electron chi connectivity index (χ3n) is 13.2. The summed E-state index contributed by atoms with van der Waals surface area (Å²) in [5.41, 5.74) is 0. The van der Waals surface area contributed by atoms with Crippen molar-refractivity contribution in [1.29, 1.82) is 0 Å². The number of carbonyl (C=O) groups is 3. The van der Waals surface area contributed by atoms with Crippen molar-refractivity contribution in [3.63, 3.8) is 0 Å². The summed E-state index contributed by atoms with van der Waals surface area (Å²) in [6.07, 6.45) is 69.7. The first-order valence-corrected chi connectivity index (χ1v) is 30.6. The Morgan fingerprint density at radius 1 is 0.419 bits per heavy atom. The maximum atomic E-state index is 12.9. The van der Waals surface area contributed by atoms with E-state index in [0.717, 1.165) is 83.5 Å². The van der Waals surface area contributed by atoms with Gasteiger partial charge in [-0.1, -0.05) is 241 Å². The third-order valence-corrected chi connectivity index (χ3v) is 13.2. The summed E-state index contributed by atoms with van der Waals surface area (Å²) < 4.78 is 22.7. The predicted octanol–water partition coefficient (Wildman–Crippen LogP) is 16.8. The van der Waals surface area contributed by atoms with Gasteiger partial charge in [0.15, 0.2) is 12.4 Å².